The minimum atomic E-state index is -4.91. The summed E-state index contributed by atoms with van der Waals surface area (Å²) in [5.41, 5.74) is -1.93. The fraction of sp³-hybridized carbons (Fsp3) is 0.533. The molecule has 0 bridgehead atoms. The molecule has 1 saturated heterocycles. The minimum Gasteiger partial charge on any atom is -0.465 e. The average molecular weight is 431 g/mol. The Morgan fingerprint density at radius 3 is 2.60 bits per heavy atom. The van der Waals surface area contributed by atoms with Crippen LogP contribution < -0.4 is 5.32 Å². The maximum absolute atomic E-state index is 14.3. The lowest BCUT2D eigenvalue weighted by Crippen LogP contribution is -2.48. The highest BCUT2D eigenvalue weighted by Gasteiger charge is 2.39. The van der Waals surface area contributed by atoms with Gasteiger partial charge in [-0.15, -0.1) is 0 Å². The van der Waals surface area contributed by atoms with Crippen molar-refractivity contribution < 1.29 is 31.9 Å². The Kier molecular flexibility index (Phi) is 5.80. The number of amides is 1. The third-order valence-electron chi connectivity index (χ3n) is 4.23. The first-order chi connectivity index (χ1) is 11.5. The Labute approximate surface area is 149 Å². The van der Waals surface area contributed by atoms with Crippen LogP contribution in [-0.4, -0.2) is 41.4 Å². The number of likely N-dealkylation sites (tertiary alicyclic amines) is 1. The summed E-state index contributed by atoms with van der Waals surface area (Å²) < 4.78 is 67.5. The van der Waals surface area contributed by atoms with Crippen molar-refractivity contribution in [2.24, 2.45) is 5.92 Å². The zero-order chi connectivity index (χ0) is 18.9. The van der Waals surface area contributed by atoms with Crippen LogP contribution in [0.2, 0.25) is 0 Å². The van der Waals surface area contributed by atoms with Gasteiger partial charge in [-0.25, -0.2) is 13.6 Å². The van der Waals surface area contributed by atoms with Crippen LogP contribution >= 0.6 is 15.9 Å². The van der Waals surface area contributed by atoms with Crippen LogP contribution in [0.15, 0.2) is 16.6 Å². The Morgan fingerprint density at radius 2 is 2.08 bits per heavy atom. The van der Waals surface area contributed by atoms with Crippen molar-refractivity contribution in [1.82, 2.24) is 4.90 Å². The highest BCUT2D eigenvalue weighted by Crippen LogP contribution is 2.39. The second-order valence-electron chi connectivity index (χ2n) is 5.94. The van der Waals surface area contributed by atoms with Gasteiger partial charge in [0.2, 0.25) is 0 Å². The largest absolute Gasteiger partial charge is 0.465 e. The lowest BCUT2D eigenvalue weighted by Gasteiger charge is -2.37. The van der Waals surface area contributed by atoms with Crippen LogP contribution in [-0.2, 0) is 6.18 Å². The Balaban J connectivity index is 2.21. The molecule has 1 aromatic rings. The van der Waals surface area contributed by atoms with Gasteiger partial charge in [0.1, 0.15) is 17.6 Å². The molecule has 1 amide bonds. The summed E-state index contributed by atoms with van der Waals surface area (Å²) in [6.45, 7) is 1.24. The maximum Gasteiger partial charge on any atom is 0.421 e. The summed E-state index contributed by atoms with van der Waals surface area (Å²) in [5.74, 6) is -2.13. The van der Waals surface area contributed by atoms with Gasteiger partial charge in [0.15, 0.2) is 0 Å². The van der Waals surface area contributed by atoms with E-state index in [0.29, 0.717) is 6.07 Å². The lowest BCUT2D eigenvalue weighted by atomic mass is 9.88. The summed E-state index contributed by atoms with van der Waals surface area (Å²) in [6, 6.07) is 1.05. The second-order valence-corrected chi connectivity index (χ2v) is 6.85. The molecule has 0 saturated carbocycles. The summed E-state index contributed by atoms with van der Waals surface area (Å²) in [5, 5.41) is 11.4. The number of nitrogens with one attached hydrogen (secondary N) is 1. The molecule has 1 heterocycles. The Morgan fingerprint density at radius 1 is 1.44 bits per heavy atom. The van der Waals surface area contributed by atoms with E-state index in [1.54, 1.807) is 0 Å². The van der Waals surface area contributed by atoms with Crippen LogP contribution in [0.25, 0.3) is 0 Å². The smallest absolute Gasteiger partial charge is 0.421 e. The standard InChI is InChI=1S/C15H16BrF5N2O2/c1-7(9-2-3-23(14(24)25)6-11(9)18)22-12-5-8(16)4-10(17)13(12)15(19,20)21/h4-5,7,9,11,22H,2-3,6H2,1H3,(H,24,25)/t7?,9-,11-/m1/s1. The van der Waals surface area contributed by atoms with Crippen LogP contribution in [0, 0.1) is 11.7 Å². The normalized spacial score (nSPS) is 22.6. The van der Waals surface area contributed by atoms with Crippen molar-refractivity contribution in [3.8, 4) is 0 Å². The molecule has 1 unspecified atom stereocenters. The van der Waals surface area contributed by atoms with Gasteiger partial charge in [0.25, 0.3) is 0 Å². The quantitative estimate of drug-likeness (QED) is 0.680. The van der Waals surface area contributed by atoms with Gasteiger partial charge in [-0.05, 0) is 25.5 Å². The number of carbonyl (C=O) groups is 1. The van der Waals surface area contributed by atoms with E-state index in [1.165, 1.54) is 6.92 Å². The second kappa shape index (κ2) is 7.35. The molecule has 1 aromatic carbocycles. The first-order valence-corrected chi connectivity index (χ1v) is 8.24. The highest BCUT2D eigenvalue weighted by molar-refractivity contribution is 9.10. The first-order valence-electron chi connectivity index (χ1n) is 7.45. The predicted molar refractivity (Wildman–Crippen MR) is 84.8 cm³/mol. The monoisotopic (exact) mass is 430 g/mol. The first kappa shape index (κ1) is 19.7. The van der Waals surface area contributed by atoms with E-state index in [0.717, 1.165) is 11.0 Å². The molecule has 140 valence electrons. The number of benzene rings is 1. The lowest BCUT2D eigenvalue weighted by molar-refractivity contribution is -0.139. The van der Waals surface area contributed by atoms with Crippen molar-refractivity contribution in [1.29, 1.82) is 0 Å². The van der Waals surface area contributed by atoms with Crippen molar-refractivity contribution in [3.63, 3.8) is 0 Å². The number of carboxylic acid groups (broad SMARTS) is 1. The van der Waals surface area contributed by atoms with Gasteiger partial charge in [-0.3, -0.25) is 0 Å². The topological polar surface area (TPSA) is 52.6 Å². The molecule has 25 heavy (non-hydrogen) atoms. The van der Waals surface area contributed by atoms with Gasteiger partial charge in [-0.1, -0.05) is 15.9 Å². The molecule has 4 nitrogen and oxygen atoms in total. The fourth-order valence-corrected chi connectivity index (χ4v) is 3.42. The van der Waals surface area contributed by atoms with Gasteiger partial charge in [-0.2, -0.15) is 13.2 Å². The van der Waals surface area contributed by atoms with E-state index in [4.69, 9.17) is 5.11 Å². The van der Waals surface area contributed by atoms with Gasteiger partial charge in [0, 0.05) is 23.0 Å². The molecule has 0 spiro atoms. The van der Waals surface area contributed by atoms with Gasteiger partial charge >= 0.3 is 12.3 Å². The maximum atomic E-state index is 14.3. The number of hydrogen-bond donors (Lipinski definition) is 2. The van der Waals surface area contributed by atoms with Crippen molar-refractivity contribution in [2.45, 2.75) is 31.7 Å². The van der Waals surface area contributed by atoms with Crippen LogP contribution in [0.3, 0.4) is 0 Å². The molecule has 2 N–H and O–H groups in total. The van der Waals surface area contributed by atoms with Crippen LogP contribution in [0.1, 0.15) is 18.9 Å². The molecule has 1 fully saturated rings. The van der Waals surface area contributed by atoms with Crippen molar-refractivity contribution in [3.05, 3.63) is 28.0 Å². The molecule has 0 aliphatic carbocycles. The average Bonchev–Trinajstić information content (AvgIpc) is 2.44. The van der Waals surface area contributed by atoms with E-state index in [2.05, 4.69) is 21.2 Å². The number of halogens is 6. The summed E-state index contributed by atoms with van der Waals surface area (Å²) in [4.78, 5) is 11.8. The molecular weight excluding hydrogens is 415 g/mol. The number of rotatable bonds is 3. The van der Waals surface area contributed by atoms with E-state index in [1.807, 2.05) is 0 Å². The number of piperidine rings is 1. The fourth-order valence-electron chi connectivity index (χ4n) is 2.99. The zero-order valence-corrected chi connectivity index (χ0v) is 14.7. The van der Waals surface area contributed by atoms with Crippen molar-refractivity contribution >= 4 is 27.7 Å². The van der Waals surface area contributed by atoms with E-state index < -0.39 is 47.5 Å². The molecule has 3 atom stereocenters. The zero-order valence-electron chi connectivity index (χ0n) is 13.1. The molecule has 0 aromatic heterocycles. The van der Waals surface area contributed by atoms with Gasteiger partial charge < -0.3 is 15.3 Å². The number of hydrogen-bond acceptors (Lipinski definition) is 2. The van der Waals surface area contributed by atoms with E-state index in [-0.39, 0.29) is 24.0 Å². The van der Waals surface area contributed by atoms with Crippen molar-refractivity contribution in [2.75, 3.05) is 18.4 Å². The number of nitrogens with zero attached hydrogens (tertiary/aromatic N) is 1. The third kappa shape index (κ3) is 4.53. The third-order valence-corrected chi connectivity index (χ3v) is 4.68. The molecular formula is C15H16BrF5N2O2. The summed E-state index contributed by atoms with van der Waals surface area (Å²) in [7, 11) is 0. The number of alkyl halides is 4. The van der Waals surface area contributed by atoms with E-state index in [9.17, 15) is 26.7 Å². The van der Waals surface area contributed by atoms with Crippen LogP contribution in [0.4, 0.5) is 32.4 Å². The summed E-state index contributed by atoms with van der Waals surface area (Å²) in [6.07, 6.45) is -7.53. The molecule has 10 heteroatoms. The molecule has 1 aliphatic heterocycles. The summed E-state index contributed by atoms with van der Waals surface area (Å²) >= 11 is 2.94. The van der Waals surface area contributed by atoms with Crippen LogP contribution in [0.5, 0.6) is 0 Å². The van der Waals surface area contributed by atoms with Gasteiger partial charge in [0.05, 0.1) is 12.2 Å². The number of anilines is 1. The molecule has 1 aliphatic rings. The highest BCUT2D eigenvalue weighted by atomic mass is 79.9. The molecule has 0 radical (unpaired) electrons. The SMILES string of the molecule is CC(Nc1cc(Br)cc(F)c1C(F)(F)F)[C@H]1CCN(C(=O)O)C[C@H]1F. The predicted octanol–water partition coefficient (Wildman–Crippen LogP) is 4.75. The molecule has 2 rings (SSSR count). The Bertz CT molecular complexity index is 656. The Hall–Kier alpha value is -1.58. The van der Waals surface area contributed by atoms with E-state index >= 15 is 0 Å². The minimum absolute atomic E-state index is 0.0887.